The predicted molar refractivity (Wildman–Crippen MR) is 120 cm³/mol. The van der Waals surface area contributed by atoms with Gasteiger partial charge in [-0.05, 0) is 51.1 Å². The number of hydrogen-bond acceptors (Lipinski definition) is 7. The third kappa shape index (κ3) is 4.86. The van der Waals surface area contributed by atoms with E-state index in [9.17, 15) is 0 Å². The molecule has 30 heavy (non-hydrogen) atoms. The minimum atomic E-state index is -0.551. The van der Waals surface area contributed by atoms with Gasteiger partial charge in [-0.2, -0.15) is 0 Å². The lowest BCUT2D eigenvalue weighted by Crippen LogP contribution is -2.54. The fraction of sp³-hybridized carbons (Fsp3) is 0.609. The standard InChI is InChI=1S/C23H34N4O3/c1-22(2)17-28-23(30-29-22)9-14-27(15-10-23)13-5-11-24-21-8-12-25-20-7-6-18(26(3)4)16-19(20)21/h6-8,12,16H,5,9-11,13-15,17H2,1-4H3,(H,24,25). The number of ether oxygens (including phenoxy) is 1. The molecule has 1 aromatic heterocycles. The number of nitrogens with zero attached hydrogens (tertiary/aromatic N) is 3. The van der Waals surface area contributed by atoms with E-state index in [-0.39, 0.29) is 5.60 Å². The van der Waals surface area contributed by atoms with Crippen LogP contribution in [0, 0.1) is 0 Å². The van der Waals surface area contributed by atoms with Crippen LogP contribution in [0.2, 0.25) is 0 Å². The van der Waals surface area contributed by atoms with E-state index < -0.39 is 5.79 Å². The zero-order valence-electron chi connectivity index (χ0n) is 18.6. The van der Waals surface area contributed by atoms with Gasteiger partial charge in [-0.15, -0.1) is 0 Å². The molecule has 1 spiro atoms. The maximum Gasteiger partial charge on any atom is 0.204 e. The second-order valence-electron chi connectivity index (χ2n) is 9.20. The summed E-state index contributed by atoms with van der Waals surface area (Å²) in [6, 6.07) is 8.45. The van der Waals surface area contributed by atoms with Crippen LogP contribution >= 0.6 is 0 Å². The van der Waals surface area contributed by atoms with Crippen molar-refractivity contribution in [3.05, 3.63) is 30.5 Å². The minimum Gasteiger partial charge on any atom is -0.384 e. The number of anilines is 2. The van der Waals surface area contributed by atoms with Crippen LogP contribution in [0.5, 0.6) is 0 Å². The van der Waals surface area contributed by atoms with Gasteiger partial charge in [0, 0.05) is 69.5 Å². The van der Waals surface area contributed by atoms with E-state index in [0.29, 0.717) is 6.61 Å². The highest BCUT2D eigenvalue weighted by Gasteiger charge is 2.44. The molecule has 0 saturated carbocycles. The fourth-order valence-corrected chi connectivity index (χ4v) is 3.98. The quantitative estimate of drug-likeness (QED) is 0.572. The van der Waals surface area contributed by atoms with Crippen LogP contribution in [0.4, 0.5) is 11.4 Å². The Balaban J connectivity index is 1.25. The van der Waals surface area contributed by atoms with E-state index in [2.05, 4.69) is 58.5 Å². The van der Waals surface area contributed by atoms with Gasteiger partial charge in [-0.1, -0.05) is 0 Å². The van der Waals surface area contributed by atoms with Crippen LogP contribution in [-0.2, 0) is 14.5 Å². The molecule has 2 saturated heterocycles. The molecule has 1 aromatic carbocycles. The molecule has 0 aliphatic carbocycles. The Bertz CT molecular complexity index is 851. The molecule has 0 amide bonds. The third-order valence-corrected chi connectivity index (χ3v) is 5.93. The molecule has 2 fully saturated rings. The van der Waals surface area contributed by atoms with Gasteiger partial charge in [0.15, 0.2) is 0 Å². The van der Waals surface area contributed by atoms with Gasteiger partial charge in [0.25, 0.3) is 0 Å². The number of hydrogen-bond donors (Lipinski definition) is 1. The highest BCUT2D eigenvalue weighted by atomic mass is 17.2. The highest BCUT2D eigenvalue weighted by molar-refractivity contribution is 5.93. The summed E-state index contributed by atoms with van der Waals surface area (Å²) < 4.78 is 6.03. The van der Waals surface area contributed by atoms with Crippen LogP contribution < -0.4 is 10.2 Å². The first-order valence-corrected chi connectivity index (χ1v) is 10.9. The predicted octanol–water partition coefficient (Wildman–Crippen LogP) is 3.65. The van der Waals surface area contributed by atoms with Crippen molar-refractivity contribution in [1.29, 1.82) is 0 Å². The normalized spacial score (nSPS) is 21.1. The van der Waals surface area contributed by atoms with Crippen molar-refractivity contribution in [2.45, 2.75) is 44.5 Å². The summed E-state index contributed by atoms with van der Waals surface area (Å²) in [6.07, 6.45) is 4.64. The minimum absolute atomic E-state index is 0.363. The first-order valence-electron chi connectivity index (χ1n) is 10.9. The maximum atomic E-state index is 6.03. The molecular formula is C23H34N4O3. The summed E-state index contributed by atoms with van der Waals surface area (Å²) in [4.78, 5) is 20.3. The van der Waals surface area contributed by atoms with E-state index in [4.69, 9.17) is 14.5 Å². The smallest absolute Gasteiger partial charge is 0.204 e. The van der Waals surface area contributed by atoms with Crippen LogP contribution in [0.15, 0.2) is 30.5 Å². The second-order valence-corrected chi connectivity index (χ2v) is 9.20. The Kier molecular flexibility index (Phi) is 6.16. The molecule has 2 aromatic rings. The molecule has 0 bridgehead atoms. The third-order valence-electron chi connectivity index (χ3n) is 5.93. The number of likely N-dealkylation sites (tertiary alicyclic amines) is 1. The monoisotopic (exact) mass is 414 g/mol. The van der Waals surface area contributed by atoms with Gasteiger partial charge in [0.2, 0.25) is 5.79 Å². The van der Waals surface area contributed by atoms with Crippen molar-refractivity contribution < 1.29 is 14.5 Å². The first kappa shape index (κ1) is 21.3. The number of nitrogens with one attached hydrogen (secondary N) is 1. The van der Waals surface area contributed by atoms with Crippen molar-refractivity contribution in [1.82, 2.24) is 9.88 Å². The molecule has 0 atom stereocenters. The summed E-state index contributed by atoms with van der Waals surface area (Å²) in [7, 11) is 4.12. The van der Waals surface area contributed by atoms with Crippen LogP contribution in [0.3, 0.4) is 0 Å². The van der Waals surface area contributed by atoms with E-state index >= 15 is 0 Å². The van der Waals surface area contributed by atoms with E-state index in [1.54, 1.807) is 0 Å². The average Bonchev–Trinajstić information content (AvgIpc) is 2.74. The Morgan fingerprint density at radius 3 is 2.63 bits per heavy atom. The molecule has 1 N–H and O–H groups in total. The van der Waals surface area contributed by atoms with Crippen LogP contribution in [0.25, 0.3) is 10.9 Å². The zero-order valence-corrected chi connectivity index (χ0v) is 18.6. The van der Waals surface area contributed by atoms with Crippen LogP contribution in [-0.4, -0.2) is 68.2 Å². The van der Waals surface area contributed by atoms with Gasteiger partial charge >= 0.3 is 0 Å². The Labute approximate surface area is 179 Å². The van der Waals surface area contributed by atoms with E-state index in [0.717, 1.165) is 62.0 Å². The van der Waals surface area contributed by atoms with E-state index in [1.807, 2.05) is 20.0 Å². The van der Waals surface area contributed by atoms with Gasteiger partial charge in [-0.25, -0.2) is 9.78 Å². The maximum absolute atomic E-state index is 6.03. The van der Waals surface area contributed by atoms with Crippen molar-refractivity contribution in [3.8, 4) is 0 Å². The SMILES string of the molecule is CN(C)c1ccc2nccc(NCCCN3CCC4(CC3)OCC(C)(C)OO4)c2c1. The molecule has 7 heteroatoms. The molecule has 4 rings (SSSR count). The fourth-order valence-electron chi connectivity index (χ4n) is 3.98. The highest BCUT2D eigenvalue weighted by Crippen LogP contribution is 2.34. The van der Waals surface area contributed by atoms with Crippen molar-refractivity contribution in [2.24, 2.45) is 0 Å². The lowest BCUT2D eigenvalue weighted by atomic mass is 10.0. The molecule has 7 nitrogen and oxygen atoms in total. The average molecular weight is 415 g/mol. The molecular weight excluding hydrogens is 380 g/mol. The van der Waals surface area contributed by atoms with Crippen molar-refractivity contribution in [2.75, 3.05) is 57.1 Å². The molecule has 2 aliphatic heterocycles. The Hall–Kier alpha value is -1.93. The lowest BCUT2D eigenvalue weighted by Gasteiger charge is -2.45. The van der Waals surface area contributed by atoms with Crippen molar-refractivity contribution in [3.63, 3.8) is 0 Å². The Morgan fingerprint density at radius 1 is 1.13 bits per heavy atom. The molecule has 164 valence electrons. The molecule has 2 aliphatic rings. The van der Waals surface area contributed by atoms with Gasteiger partial charge in [0.1, 0.15) is 5.60 Å². The van der Waals surface area contributed by atoms with Crippen LogP contribution in [0.1, 0.15) is 33.1 Å². The zero-order chi connectivity index (χ0) is 21.2. The summed E-state index contributed by atoms with van der Waals surface area (Å²) in [5, 5.41) is 4.77. The number of piperidine rings is 1. The number of benzene rings is 1. The van der Waals surface area contributed by atoms with Gasteiger partial charge in [0.05, 0.1) is 12.1 Å². The van der Waals surface area contributed by atoms with Gasteiger partial charge < -0.3 is 19.9 Å². The molecule has 0 unspecified atom stereocenters. The topological polar surface area (TPSA) is 59.1 Å². The largest absolute Gasteiger partial charge is 0.384 e. The summed E-state index contributed by atoms with van der Waals surface area (Å²) in [5.74, 6) is -0.551. The van der Waals surface area contributed by atoms with Gasteiger partial charge in [-0.3, -0.25) is 4.98 Å². The lowest BCUT2D eigenvalue weighted by molar-refractivity contribution is -0.511. The van der Waals surface area contributed by atoms with Crippen molar-refractivity contribution >= 4 is 22.3 Å². The van der Waals surface area contributed by atoms with E-state index in [1.165, 1.54) is 5.69 Å². The second kappa shape index (κ2) is 8.67. The number of aromatic nitrogens is 1. The summed E-state index contributed by atoms with van der Waals surface area (Å²) >= 11 is 0. The number of fused-ring (bicyclic) bond motifs is 1. The summed E-state index contributed by atoms with van der Waals surface area (Å²) in [6.45, 7) is 8.46. The number of rotatable bonds is 6. The number of pyridine rings is 1. The molecule has 0 radical (unpaired) electrons. The molecule has 3 heterocycles. The summed E-state index contributed by atoms with van der Waals surface area (Å²) in [5.41, 5.74) is 2.98. The Morgan fingerprint density at radius 2 is 1.93 bits per heavy atom. The first-order chi connectivity index (χ1) is 14.4.